The van der Waals surface area contributed by atoms with Crippen molar-refractivity contribution in [2.75, 3.05) is 43.2 Å². The van der Waals surface area contributed by atoms with Crippen LogP contribution in [0.2, 0.25) is 0 Å². The first kappa shape index (κ1) is 23.0. The number of likely N-dealkylation sites (N-methyl/N-ethyl adjacent to an activating group) is 1. The van der Waals surface area contributed by atoms with Gasteiger partial charge in [-0.2, -0.15) is 0 Å². The molecule has 2 heterocycles. The average Bonchev–Trinajstić information content (AvgIpc) is 3.34. The molecule has 0 aliphatic carbocycles. The Kier molecular flexibility index (Phi) is 7.75. The number of anilines is 3. The highest BCUT2D eigenvalue weighted by atomic mass is 19.1. The van der Waals surface area contributed by atoms with Crippen molar-refractivity contribution in [2.24, 2.45) is 0 Å². The van der Waals surface area contributed by atoms with Gasteiger partial charge in [0, 0.05) is 24.7 Å². The molecule has 0 unspecified atom stereocenters. The summed E-state index contributed by atoms with van der Waals surface area (Å²) in [5, 5.41) is 4.90. The Balaban J connectivity index is 1.42. The fraction of sp³-hybridized carbons (Fsp3) is 0.346. The van der Waals surface area contributed by atoms with Crippen molar-refractivity contribution < 1.29 is 14.0 Å². The summed E-state index contributed by atoms with van der Waals surface area (Å²) in [6.07, 6.45) is 2.02. The number of aromatic nitrogens is 1. The first-order valence-electron chi connectivity index (χ1n) is 11.5. The van der Waals surface area contributed by atoms with Crippen molar-refractivity contribution in [3.63, 3.8) is 0 Å². The Morgan fingerprint density at radius 3 is 2.61 bits per heavy atom. The highest BCUT2D eigenvalue weighted by Gasteiger charge is 2.30. The van der Waals surface area contributed by atoms with E-state index in [-0.39, 0.29) is 6.04 Å². The van der Waals surface area contributed by atoms with E-state index in [2.05, 4.69) is 29.0 Å². The van der Waals surface area contributed by atoms with Crippen LogP contribution in [0.25, 0.3) is 0 Å². The number of hydrogen-bond acceptors (Lipinski definition) is 6. The number of nitrogens with one attached hydrogen (secondary N) is 1. The first-order chi connectivity index (χ1) is 16.2. The molecule has 6 nitrogen and oxygen atoms in total. The van der Waals surface area contributed by atoms with Crippen molar-refractivity contribution in [2.45, 2.75) is 26.3 Å². The third-order valence-corrected chi connectivity index (χ3v) is 5.86. The quantitative estimate of drug-likeness (QED) is 0.436. The molecule has 174 valence electrons. The summed E-state index contributed by atoms with van der Waals surface area (Å²) in [5.74, 6) is 0.945. The Morgan fingerprint density at radius 1 is 1.12 bits per heavy atom. The monoisotopic (exact) mass is 450 g/mol. The van der Waals surface area contributed by atoms with Crippen LogP contribution in [0.4, 0.5) is 21.6 Å². The summed E-state index contributed by atoms with van der Waals surface area (Å²) in [7, 11) is 0. The number of halogens is 1. The normalized spacial score (nSPS) is 15.8. The van der Waals surface area contributed by atoms with Gasteiger partial charge >= 0.3 is 0 Å². The fourth-order valence-corrected chi connectivity index (χ4v) is 3.96. The summed E-state index contributed by atoms with van der Waals surface area (Å²) >= 11 is 0. The number of hydroxylamine groups is 1. The van der Waals surface area contributed by atoms with Crippen LogP contribution in [0.5, 0.6) is 5.75 Å². The molecule has 4 rings (SSSR count). The van der Waals surface area contributed by atoms with Gasteiger partial charge in [-0.15, -0.1) is 0 Å². The molecule has 1 N–H and O–H groups in total. The SMILES string of the molecule is CCN(CC)CCOc1ccc(Nc2cc(N3OCC[C@H]3c3ccccc3)c(F)cn2)cc1. The maximum Gasteiger partial charge on any atom is 0.167 e. The summed E-state index contributed by atoms with van der Waals surface area (Å²) in [4.78, 5) is 12.3. The third kappa shape index (κ3) is 5.80. The fourth-order valence-electron chi connectivity index (χ4n) is 3.96. The second-order valence-electron chi connectivity index (χ2n) is 7.92. The molecule has 1 aromatic heterocycles. The van der Waals surface area contributed by atoms with Crippen LogP contribution in [0, 0.1) is 5.82 Å². The Labute approximate surface area is 194 Å². The molecule has 1 aliphatic heterocycles. The minimum Gasteiger partial charge on any atom is -0.492 e. The van der Waals surface area contributed by atoms with Crippen LogP contribution in [-0.4, -0.2) is 42.7 Å². The summed E-state index contributed by atoms with van der Waals surface area (Å²) in [5.41, 5.74) is 2.31. The van der Waals surface area contributed by atoms with Gasteiger partial charge in [0.1, 0.15) is 23.9 Å². The van der Waals surface area contributed by atoms with Crippen LogP contribution in [0.15, 0.2) is 66.9 Å². The predicted molar refractivity (Wildman–Crippen MR) is 129 cm³/mol. The van der Waals surface area contributed by atoms with Gasteiger partial charge < -0.3 is 15.0 Å². The second kappa shape index (κ2) is 11.1. The van der Waals surface area contributed by atoms with Crippen LogP contribution < -0.4 is 15.1 Å². The summed E-state index contributed by atoms with van der Waals surface area (Å²) in [6, 6.07) is 19.4. The lowest BCUT2D eigenvalue weighted by Crippen LogP contribution is -2.27. The van der Waals surface area contributed by atoms with Crippen LogP contribution in [-0.2, 0) is 4.84 Å². The van der Waals surface area contributed by atoms with Crippen LogP contribution >= 0.6 is 0 Å². The van der Waals surface area contributed by atoms with E-state index in [9.17, 15) is 4.39 Å². The second-order valence-corrected chi connectivity index (χ2v) is 7.92. The number of ether oxygens (including phenoxy) is 1. The maximum absolute atomic E-state index is 14.7. The zero-order valence-corrected chi connectivity index (χ0v) is 19.2. The molecular weight excluding hydrogens is 419 g/mol. The Morgan fingerprint density at radius 2 is 1.88 bits per heavy atom. The highest BCUT2D eigenvalue weighted by Crippen LogP contribution is 2.37. The van der Waals surface area contributed by atoms with Crippen molar-refractivity contribution in [3.05, 3.63) is 78.2 Å². The van der Waals surface area contributed by atoms with E-state index in [1.165, 1.54) is 6.20 Å². The van der Waals surface area contributed by atoms with E-state index < -0.39 is 5.82 Å². The predicted octanol–water partition coefficient (Wildman–Crippen LogP) is 5.57. The van der Waals surface area contributed by atoms with Crippen LogP contribution in [0.1, 0.15) is 31.9 Å². The van der Waals surface area contributed by atoms with Gasteiger partial charge in [0.25, 0.3) is 0 Å². The smallest absolute Gasteiger partial charge is 0.167 e. The molecule has 7 heteroatoms. The van der Waals surface area contributed by atoms with Gasteiger partial charge in [-0.25, -0.2) is 14.4 Å². The van der Waals surface area contributed by atoms with Crippen molar-refractivity contribution in [3.8, 4) is 5.75 Å². The minimum absolute atomic E-state index is 0.0382. The molecule has 0 radical (unpaired) electrons. The molecule has 0 spiro atoms. The average molecular weight is 451 g/mol. The minimum atomic E-state index is -0.416. The lowest BCUT2D eigenvalue weighted by atomic mass is 10.0. The molecule has 3 aromatic rings. The first-order valence-corrected chi connectivity index (χ1v) is 11.5. The maximum atomic E-state index is 14.7. The molecule has 1 fully saturated rings. The Bertz CT molecular complexity index is 1010. The van der Waals surface area contributed by atoms with Gasteiger partial charge in [-0.3, -0.25) is 4.84 Å². The highest BCUT2D eigenvalue weighted by molar-refractivity contribution is 5.62. The zero-order chi connectivity index (χ0) is 23.0. The lowest BCUT2D eigenvalue weighted by Gasteiger charge is -2.25. The van der Waals surface area contributed by atoms with E-state index in [4.69, 9.17) is 9.57 Å². The van der Waals surface area contributed by atoms with Crippen LogP contribution in [0.3, 0.4) is 0 Å². The zero-order valence-electron chi connectivity index (χ0n) is 19.2. The topological polar surface area (TPSA) is 49.9 Å². The largest absolute Gasteiger partial charge is 0.492 e. The van der Waals surface area contributed by atoms with Crippen molar-refractivity contribution >= 4 is 17.2 Å². The number of nitrogens with zero attached hydrogens (tertiary/aromatic N) is 3. The molecule has 2 aromatic carbocycles. The van der Waals surface area contributed by atoms with Gasteiger partial charge in [-0.05, 0) is 42.9 Å². The number of pyridine rings is 1. The molecule has 1 aliphatic rings. The number of rotatable bonds is 10. The van der Waals surface area contributed by atoms with E-state index in [1.807, 2.05) is 54.6 Å². The standard InChI is InChI=1S/C26H31FN4O2/c1-3-30(4-2)15-17-32-22-12-10-21(11-13-22)29-26-18-25(23(27)19-28-26)31-24(14-16-33-31)20-8-6-5-7-9-20/h5-13,18-19,24H,3-4,14-17H2,1-2H3,(H,28,29)/t24-/m0/s1. The molecular formula is C26H31FN4O2. The van der Waals surface area contributed by atoms with Crippen molar-refractivity contribution in [1.82, 2.24) is 9.88 Å². The van der Waals surface area contributed by atoms with Gasteiger partial charge in [0.2, 0.25) is 0 Å². The van der Waals surface area contributed by atoms with E-state index in [0.29, 0.717) is 24.7 Å². The third-order valence-electron chi connectivity index (χ3n) is 5.86. The lowest BCUT2D eigenvalue weighted by molar-refractivity contribution is 0.157. The molecule has 0 bridgehead atoms. The van der Waals surface area contributed by atoms with Gasteiger partial charge in [-0.1, -0.05) is 44.2 Å². The molecule has 1 atom stereocenters. The van der Waals surface area contributed by atoms with Gasteiger partial charge in [0.15, 0.2) is 5.82 Å². The van der Waals surface area contributed by atoms with Crippen molar-refractivity contribution in [1.29, 1.82) is 0 Å². The molecule has 0 amide bonds. The van der Waals surface area contributed by atoms with E-state index in [1.54, 1.807) is 11.1 Å². The van der Waals surface area contributed by atoms with Gasteiger partial charge in [0.05, 0.1) is 18.8 Å². The summed E-state index contributed by atoms with van der Waals surface area (Å²) in [6.45, 7) is 8.42. The van der Waals surface area contributed by atoms with E-state index in [0.717, 1.165) is 43.1 Å². The molecule has 33 heavy (non-hydrogen) atoms. The summed E-state index contributed by atoms with van der Waals surface area (Å²) < 4.78 is 20.5. The molecule has 0 saturated carbocycles. The number of hydrogen-bond donors (Lipinski definition) is 1. The Hall–Kier alpha value is -3.16. The molecule has 1 saturated heterocycles. The number of benzene rings is 2. The van der Waals surface area contributed by atoms with E-state index >= 15 is 0 Å².